The Balaban J connectivity index is 1.55. The molecule has 0 bridgehead atoms. The van der Waals surface area contributed by atoms with Crippen molar-refractivity contribution in [3.63, 3.8) is 0 Å². The first-order valence-electron chi connectivity index (χ1n) is 9.61. The first-order valence-corrected chi connectivity index (χ1v) is 9.61. The molecule has 1 amide bonds. The highest BCUT2D eigenvalue weighted by Crippen LogP contribution is 2.26. The molecule has 1 aromatic carbocycles. The van der Waals surface area contributed by atoms with Gasteiger partial charge in [0.05, 0.1) is 19.8 Å². The summed E-state index contributed by atoms with van der Waals surface area (Å²) in [4.78, 5) is 26.5. The van der Waals surface area contributed by atoms with Crippen LogP contribution in [0.1, 0.15) is 44.6 Å². The highest BCUT2D eigenvalue weighted by Gasteiger charge is 2.25. The van der Waals surface area contributed by atoms with Crippen LogP contribution in [0.4, 0.5) is 0 Å². The van der Waals surface area contributed by atoms with E-state index < -0.39 is 5.97 Å². The molecule has 0 saturated heterocycles. The van der Waals surface area contributed by atoms with Crippen LogP contribution >= 0.6 is 0 Å². The number of rotatable bonds is 7. The molecular formula is C21H27NO5. The molecule has 1 aromatic heterocycles. The van der Waals surface area contributed by atoms with Crippen molar-refractivity contribution < 1.29 is 23.5 Å². The maximum atomic E-state index is 12.5. The normalized spacial score (nSPS) is 14.9. The SMILES string of the molecule is CCN(C(=O)COC(=O)Cc1coc2cc(OC)ccc12)C1CCCCC1. The van der Waals surface area contributed by atoms with Gasteiger partial charge in [-0.3, -0.25) is 9.59 Å². The van der Waals surface area contributed by atoms with Gasteiger partial charge in [0, 0.05) is 29.6 Å². The molecule has 1 fully saturated rings. The van der Waals surface area contributed by atoms with E-state index in [0.29, 0.717) is 17.9 Å². The van der Waals surface area contributed by atoms with Gasteiger partial charge in [0.2, 0.25) is 0 Å². The molecule has 1 heterocycles. The molecule has 0 spiro atoms. The number of benzene rings is 1. The maximum absolute atomic E-state index is 12.5. The molecule has 6 nitrogen and oxygen atoms in total. The van der Waals surface area contributed by atoms with E-state index in [1.165, 1.54) is 6.42 Å². The zero-order valence-corrected chi connectivity index (χ0v) is 16.0. The second-order valence-corrected chi connectivity index (χ2v) is 6.93. The Morgan fingerprint density at radius 3 is 2.70 bits per heavy atom. The quantitative estimate of drug-likeness (QED) is 0.692. The van der Waals surface area contributed by atoms with Gasteiger partial charge >= 0.3 is 5.97 Å². The van der Waals surface area contributed by atoms with E-state index in [4.69, 9.17) is 13.9 Å². The second kappa shape index (κ2) is 8.93. The molecule has 146 valence electrons. The standard InChI is InChI=1S/C21H27NO5/c1-3-22(16-7-5-4-6-8-16)20(23)14-27-21(24)11-15-13-26-19-12-17(25-2)9-10-18(15)19/h9-10,12-13,16H,3-8,11,14H2,1-2H3. The molecule has 1 aliphatic carbocycles. The Morgan fingerprint density at radius 1 is 1.22 bits per heavy atom. The van der Waals surface area contributed by atoms with Crippen molar-refractivity contribution in [3.05, 3.63) is 30.0 Å². The molecule has 1 aliphatic rings. The van der Waals surface area contributed by atoms with Gasteiger partial charge in [0.15, 0.2) is 6.61 Å². The van der Waals surface area contributed by atoms with E-state index >= 15 is 0 Å². The molecule has 1 saturated carbocycles. The number of carbonyl (C=O) groups is 2. The average molecular weight is 373 g/mol. The fourth-order valence-corrected chi connectivity index (χ4v) is 3.79. The van der Waals surface area contributed by atoms with Crippen LogP contribution in [-0.4, -0.2) is 43.1 Å². The fraction of sp³-hybridized carbons (Fsp3) is 0.524. The maximum Gasteiger partial charge on any atom is 0.310 e. The number of carbonyl (C=O) groups excluding carboxylic acids is 2. The Hall–Kier alpha value is -2.50. The molecular weight excluding hydrogens is 346 g/mol. The Morgan fingerprint density at radius 2 is 2.00 bits per heavy atom. The molecule has 6 heteroatoms. The van der Waals surface area contributed by atoms with Crippen LogP contribution in [-0.2, 0) is 20.7 Å². The van der Waals surface area contributed by atoms with Crippen molar-refractivity contribution in [2.45, 2.75) is 51.5 Å². The number of nitrogens with zero attached hydrogens (tertiary/aromatic N) is 1. The lowest BCUT2D eigenvalue weighted by Gasteiger charge is -2.33. The summed E-state index contributed by atoms with van der Waals surface area (Å²) in [6.45, 7) is 2.42. The van der Waals surface area contributed by atoms with Gasteiger partial charge in [0.25, 0.3) is 5.91 Å². The molecule has 0 radical (unpaired) electrons. The van der Waals surface area contributed by atoms with Crippen LogP contribution in [0, 0.1) is 0 Å². The van der Waals surface area contributed by atoms with Crippen LogP contribution in [0.15, 0.2) is 28.9 Å². The first kappa shape index (κ1) is 19.3. The monoisotopic (exact) mass is 373 g/mol. The van der Waals surface area contributed by atoms with E-state index in [2.05, 4.69) is 0 Å². The van der Waals surface area contributed by atoms with Crippen molar-refractivity contribution in [1.29, 1.82) is 0 Å². The minimum atomic E-state index is -0.429. The lowest BCUT2D eigenvalue weighted by Crippen LogP contribution is -2.43. The van der Waals surface area contributed by atoms with E-state index in [1.807, 2.05) is 24.0 Å². The largest absolute Gasteiger partial charge is 0.497 e. The highest BCUT2D eigenvalue weighted by atomic mass is 16.5. The third-order valence-corrected chi connectivity index (χ3v) is 5.23. The zero-order chi connectivity index (χ0) is 19.2. The summed E-state index contributed by atoms with van der Waals surface area (Å²) in [5, 5.41) is 0.844. The second-order valence-electron chi connectivity index (χ2n) is 6.93. The van der Waals surface area contributed by atoms with E-state index in [-0.39, 0.29) is 25.0 Å². The van der Waals surface area contributed by atoms with Crippen molar-refractivity contribution in [2.75, 3.05) is 20.3 Å². The minimum absolute atomic E-state index is 0.0716. The van der Waals surface area contributed by atoms with Gasteiger partial charge in [-0.2, -0.15) is 0 Å². The van der Waals surface area contributed by atoms with Crippen LogP contribution in [0.2, 0.25) is 0 Å². The van der Waals surface area contributed by atoms with Crippen molar-refractivity contribution in [3.8, 4) is 5.75 Å². The molecule has 0 unspecified atom stereocenters. The Kier molecular flexibility index (Phi) is 6.37. The third kappa shape index (κ3) is 4.62. The summed E-state index contributed by atoms with van der Waals surface area (Å²) in [7, 11) is 1.59. The van der Waals surface area contributed by atoms with Crippen molar-refractivity contribution in [2.24, 2.45) is 0 Å². The zero-order valence-electron chi connectivity index (χ0n) is 16.0. The van der Waals surface area contributed by atoms with E-state index in [0.717, 1.165) is 36.6 Å². The number of ether oxygens (including phenoxy) is 2. The molecule has 0 atom stereocenters. The summed E-state index contributed by atoms with van der Waals surface area (Å²) in [6.07, 6.45) is 7.26. The first-order chi connectivity index (χ1) is 13.1. The average Bonchev–Trinajstić information content (AvgIpc) is 3.09. The van der Waals surface area contributed by atoms with Crippen LogP contribution in [0.5, 0.6) is 5.75 Å². The van der Waals surface area contributed by atoms with Gasteiger partial charge in [-0.25, -0.2) is 0 Å². The van der Waals surface area contributed by atoms with Crippen molar-refractivity contribution >= 4 is 22.8 Å². The molecule has 0 N–H and O–H groups in total. The molecule has 0 aliphatic heterocycles. The Bertz CT molecular complexity index is 791. The van der Waals surface area contributed by atoms with Gasteiger partial charge in [0.1, 0.15) is 11.3 Å². The topological polar surface area (TPSA) is 69.0 Å². The van der Waals surface area contributed by atoms with Crippen LogP contribution in [0.3, 0.4) is 0 Å². The van der Waals surface area contributed by atoms with Gasteiger partial charge < -0.3 is 18.8 Å². The number of methoxy groups -OCH3 is 1. The van der Waals surface area contributed by atoms with E-state index in [9.17, 15) is 9.59 Å². The summed E-state index contributed by atoms with van der Waals surface area (Å²) >= 11 is 0. The smallest absolute Gasteiger partial charge is 0.310 e. The predicted octanol–water partition coefficient (Wildman–Crippen LogP) is 3.71. The lowest BCUT2D eigenvalue weighted by molar-refractivity contribution is -0.152. The number of amides is 1. The van der Waals surface area contributed by atoms with Crippen LogP contribution in [0.25, 0.3) is 11.0 Å². The number of esters is 1. The van der Waals surface area contributed by atoms with E-state index in [1.54, 1.807) is 19.4 Å². The number of hydrogen-bond donors (Lipinski definition) is 0. The summed E-state index contributed by atoms with van der Waals surface area (Å²) in [5.74, 6) is 0.153. The van der Waals surface area contributed by atoms with Gasteiger partial charge in [-0.05, 0) is 31.9 Å². The fourth-order valence-electron chi connectivity index (χ4n) is 3.79. The summed E-state index contributed by atoms with van der Waals surface area (Å²) in [5.41, 5.74) is 1.40. The van der Waals surface area contributed by atoms with Crippen molar-refractivity contribution in [1.82, 2.24) is 4.90 Å². The number of likely N-dealkylation sites (N-methyl/N-ethyl adjacent to an activating group) is 1. The number of hydrogen-bond acceptors (Lipinski definition) is 5. The molecule has 3 rings (SSSR count). The predicted molar refractivity (Wildman–Crippen MR) is 102 cm³/mol. The van der Waals surface area contributed by atoms with Crippen LogP contribution < -0.4 is 4.74 Å². The number of furan rings is 1. The highest BCUT2D eigenvalue weighted by molar-refractivity contribution is 5.87. The summed E-state index contributed by atoms with van der Waals surface area (Å²) < 4.78 is 15.9. The van der Waals surface area contributed by atoms with Gasteiger partial charge in [-0.1, -0.05) is 19.3 Å². The number of fused-ring (bicyclic) bond motifs is 1. The summed E-state index contributed by atoms with van der Waals surface area (Å²) in [6, 6.07) is 5.73. The molecule has 27 heavy (non-hydrogen) atoms. The Labute approximate surface area is 159 Å². The minimum Gasteiger partial charge on any atom is -0.497 e. The van der Waals surface area contributed by atoms with Gasteiger partial charge in [-0.15, -0.1) is 0 Å². The third-order valence-electron chi connectivity index (χ3n) is 5.23. The molecule has 2 aromatic rings. The lowest BCUT2D eigenvalue weighted by atomic mass is 9.94.